The van der Waals surface area contributed by atoms with Gasteiger partial charge < -0.3 is 20.1 Å². The van der Waals surface area contributed by atoms with Crippen molar-refractivity contribution in [3.05, 3.63) is 18.2 Å². The summed E-state index contributed by atoms with van der Waals surface area (Å²) in [6, 6.07) is 4.80. The molecule has 2 rings (SSSR count). The molecule has 1 amide bonds. The fourth-order valence-electron chi connectivity index (χ4n) is 2.95. The minimum atomic E-state index is -2.94. The summed E-state index contributed by atoms with van der Waals surface area (Å²) in [4.78, 5) is 16.2. The molecule has 1 heterocycles. The molecular weight excluding hydrogens is 344 g/mol. The predicted molar refractivity (Wildman–Crippen MR) is 96.7 cm³/mol. The SMILES string of the molecule is CC(C)(C)OC(=O)N1CCN(c2ccc(N)c(OC(F)F)c2)CC1(C)C. The maximum Gasteiger partial charge on any atom is 0.410 e. The number of nitrogens with zero attached hydrogens (tertiary/aromatic N) is 2. The van der Waals surface area contributed by atoms with Crippen LogP contribution in [0.3, 0.4) is 0 Å². The molecule has 6 nitrogen and oxygen atoms in total. The number of benzene rings is 1. The highest BCUT2D eigenvalue weighted by Crippen LogP contribution is 2.32. The van der Waals surface area contributed by atoms with Crippen LogP contribution in [0.5, 0.6) is 5.75 Å². The van der Waals surface area contributed by atoms with Crippen LogP contribution < -0.4 is 15.4 Å². The molecule has 1 aromatic rings. The van der Waals surface area contributed by atoms with Gasteiger partial charge in [0, 0.05) is 31.4 Å². The van der Waals surface area contributed by atoms with Crippen molar-refractivity contribution >= 4 is 17.5 Å². The standard InChI is InChI=1S/C18H27F2N3O3/c1-17(2,3)26-16(24)23-9-8-22(11-18(23,4)5)12-6-7-13(21)14(10-12)25-15(19)20/h6-7,10,15H,8-9,11,21H2,1-5H3. The minimum absolute atomic E-state index is 0.0510. The van der Waals surface area contributed by atoms with Gasteiger partial charge in [0.25, 0.3) is 0 Å². The van der Waals surface area contributed by atoms with Crippen molar-refractivity contribution in [3.63, 3.8) is 0 Å². The molecule has 1 saturated heterocycles. The summed E-state index contributed by atoms with van der Waals surface area (Å²) in [6.45, 7) is 7.94. The van der Waals surface area contributed by atoms with Gasteiger partial charge in [-0.3, -0.25) is 4.90 Å². The van der Waals surface area contributed by atoms with Gasteiger partial charge in [-0.2, -0.15) is 8.78 Å². The maximum absolute atomic E-state index is 12.5. The Kier molecular flexibility index (Phi) is 5.53. The number of piperazine rings is 1. The van der Waals surface area contributed by atoms with E-state index in [4.69, 9.17) is 10.5 Å². The molecule has 0 aliphatic carbocycles. The van der Waals surface area contributed by atoms with Crippen LogP contribution in [-0.2, 0) is 4.74 Å². The summed E-state index contributed by atoms with van der Waals surface area (Å²) in [5, 5.41) is 0. The van der Waals surface area contributed by atoms with Gasteiger partial charge in [0.05, 0.1) is 11.2 Å². The summed E-state index contributed by atoms with van der Waals surface area (Å²) in [5.41, 5.74) is 5.50. The Morgan fingerprint density at radius 1 is 1.27 bits per heavy atom. The molecule has 0 aromatic heterocycles. The largest absolute Gasteiger partial charge is 0.444 e. The van der Waals surface area contributed by atoms with E-state index in [9.17, 15) is 13.6 Å². The molecule has 26 heavy (non-hydrogen) atoms. The van der Waals surface area contributed by atoms with E-state index in [-0.39, 0.29) is 17.5 Å². The van der Waals surface area contributed by atoms with Crippen molar-refractivity contribution in [2.45, 2.75) is 52.4 Å². The molecule has 1 aliphatic rings. The van der Waals surface area contributed by atoms with Crippen molar-refractivity contribution in [3.8, 4) is 5.75 Å². The van der Waals surface area contributed by atoms with E-state index in [1.54, 1.807) is 17.0 Å². The van der Waals surface area contributed by atoms with Crippen molar-refractivity contribution in [2.24, 2.45) is 0 Å². The lowest BCUT2D eigenvalue weighted by atomic mass is 9.98. The van der Waals surface area contributed by atoms with Crippen LogP contribution in [0.2, 0.25) is 0 Å². The van der Waals surface area contributed by atoms with Crippen molar-refractivity contribution in [1.82, 2.24) is 4.90 Å². The van der Waals surface area contributed by atoms with Crippen LogP contribution in [0.15, 0.2) is 18.2 Å². The zero-order valence-corrected chi connectivity index (χ0v) is 15.9. The van der Waals surface area contributed by atoms with E-state index in [0.29, 0.717) is 25.3 Å². The number of anilines is 2. The maximum atomic E-state index is 12.5. The number of rotatable bonds is 3. The summed E-state index contributed by atoms with van der Waals surface area (Å²) in [7, 11) is 0. The third-order valence-corrected chi connectivity index (χ3v) is 4.09. The first kappa shape index (κ1) is 20.1. The molecule has 0 unspecified atom stereocenters. The molecule has 0 saturated carbocycles. The molecule has 0 spiro atoms. The number of hydrogen-bond acceptors (Lipinski definition) is 5. The zero-order valence-electron chi connectivity index (χ0n) is 15.9. The van der Waals surface area contributed by atoms with Crippen molar-refractivity contribution in [1.29, 1.82) is 0 Å². The van der Waals surface area contributed by atoms with Gasteiger partial charge in [0.1, 0.15) is 5.60 Å². The van der Waals surface area contributed by atoms with Crippen molar-refractivity contribution in [2.75, 3.05) is 30.3 Å². The second-order valence-corrected chi connectivity index (χ2v) is 7.97. The van der Waals surface area contributed by atoms with Gasteiger partial charge in [-0.1, -0.05) is 0 Å². The topological polar surface area (TPSA) is 68.0 Å². The minimum Gasteiger partial charge on any atom is -0.444 e. The first-order valence-electron chi connectivity index (χ1n) is 8.49. The Bertz CT molecular complexity index is 660. The smallest absolute Gasteiger partial charge is 0.410 e. The summed E-state index contributed by atoms with van der Waals surface area (Å²) in [6.07, 6.45) is -0.360. The molecule has 2 N–H and O–H groups in total. The van der Waals surface area contributed by atoms with Crippen LogP contribution in [0.1, 0.15) is 34.6 Å². The van der Waals surface area contributed by atoms with Crippen LogP contribution in [0, 0.1) is 0 Å². The average Bonchev–Trinajstić information content (AvgIpc) is 2.46. The van der Waals surface area contributed by atoms with E-state index in [1.165, 1.54) is 6.07 Å². The quantitative estimate of drug-likeness (QED) is 0.821. The number of hydrogen-bond donors (Lipinski definition) is 1. The Labute approximate surface area is 152 Å². The lowest BCUT2D eigenvalue weighted by Crippen LogP contribution is -2.61. The number of ether oxygens (including phenoxy) is 2. The Morgan fingerprint density at radius 2 is 1.92 bits per heavy atom. The van der Waals surface area contributed by atoms with Crippen LogP contribution >= 0.6 is 0 Å². The van der Waals surface area contributed by atoms with Gasteiger partial charge in [0.15, 0.2) is 5.75 Å². The average molecular weight is 371 g/mol. The highest BCUT2D eigenvalue weighted by Gasteiger charge is 2.39. The van der Waals surface area contributed by atoms with E-state index in [2.05, 4.69) is 4.74 Å². The van der Waals surface area contributed by atoms with E-state index >= 15 is 0 Å². The Balaban J connectivity index is 2.15. The number of alkyl halides is 2. The molecular formula is C18H27F2N3O3. The van der Waals surface area contributed by atoms with E-state index < -0.39 is 17.8 Å². The molecule has 0 atom stereocenters. The fourth-order valence-corrected chi connectivity index (χ4v) is 2.95. The van der Waals surface area contributed by atoms with Crippen LogP contribution in [-0.4, -0.2) is 48.4 Å². The monoisotopic (exact) mass is 371 g/mol. The molecule has 1 aliphatic heterocycles. The second kappa shape index (κ2) is 7.17. The lowest BCUT2D eigenvalue weighted by molar-refractivity contribution is -0.0493. The fraction of sp³-hybridized carbons (Fsp3) is 0.611. The normalized spacial score (nSPS) is 17.4. The summed E-state index contributed by atoms with van der Waals surface area (Å²) in [5.74, 6) is -0.0510. The second-order valence-electron chi connectivity index (χ2n) is 7.97. The lowest BCUT2D eigenvalue weighted by Gasteiger charge is -2.47. The van der Waals surface area contributed by atoms with Gasteiger partial charge in [-0.15, -0.1) is 0 Å². The summed E-state index contributed by atoms with van der Waals surface area (Å²) >= 11 is 0. The Hall–Kier alpha value is -2.25. The van der Waals surface area contributed by atoms with Crippen molar-refractivity contribution < 1.29 is 23.0 Å². The highest BCUT2D eigenvalue weighted by atomic mass is 19.3. The van der Waals surface area contributed by atoms with E-state index in [0.717, 1.165) is 0 Å². The first-order valence-corrected chi connectivity index (χ1v) is 8.49. The molecule has 1 aromatic carbocycles. The van der Waals surface area contributed by atoms with Gasteiger partial charge in [-0.05, 0) is 46.8 Å². The first-order chi connectivity index (χ1) is 11.9. The number of nitrogens with two attached hydrogens (primary N) is 1. The summed E-state index contributed by atoms with van der Waals surface area (Å²) < 4.78 is 35.0. The number of halogens is 2. The van der Waals surface area contributed by atoms with Gasteiger partial charge in [-0.25, -0.2) is 4.79 Å². The third kappa shape index (κ3) is 4.89. The van der Waals surface area contributed by atoms with Crippen LogP contribution in [0.4, 0.5) is 25.0 Å². The molecule has 8 heteroatoms. The van der Waals surface area contributed by atoms with Gasteiger partial charge >= 0.3 is 12.7 Å². The molecule has 146 valence electrons. The number of nitrogen functional groups attached to an aromatic ring is 1. The third-order valence-electron chi connectivity index (χ3n) is 4.09. The van der Waals surface area contributed by atoms with Gasteiger partial charge in [0.2, 0.25) is 0 Å². The number of carbonyl (C=O) groups is 1. The number of amides is 1. The Morgan fingerprint density at radius 3 is 2.46 bits per heavy atom. The molecule has 0 bridgehead atoms. The molecule has 1 fully saturated rings. The highest BCUT2D eigenvalue weighted by molar-refractivity contribution is 5.70. The number of carbonyl (C=O) groups excluding carboxylic acids is 1. The van der Waals surface area contributed by atoms with E-state index in [1.807, 2.05) is 39.5 Å². The molecule has 0 radical (unpaired) electrons. The zero-order chi connectivity index (χ0) is 19.7. The predicted octanol–water partition coefficient (Wildman–Crippen LogP) is 3.71. The van der Waals surface area contributed by atoms with Crippen LogP contribution in [0.25, 0.3) is 0 Å².